The lowest BCUT2D eigenvalue weighted by molar-refractivity contribution is -0.928. The molecule has 0 aliphatic rings. The second-order valence-corrected chi connectivity index (χ2v) is 7.39. The molecular weight excluding hydrogens is 332 g/mol. The van der Waals surface area contributed by atoms with Crippen molar-refractivity contribution in [2.45, 2.75) is 33.5 Å². The van der Waals surface area contributed by atoms with Crippen LogP contribution in [0.4, 0.5) is 0 Å². The zero-order chi connectivity index (χ0) is 19.1. The Bertz CT molecular complexity index is 836. The van der Waals surface area contributed by atoms with Gasteiger partial charge in [-0.05, 0) is 37.1 Å². The number of ether oxygens (including phenoxy) is 1. The molecule has 1 atom stereocenters. The molecule has 2 aromatic carbocycles. The van der Waals surface area contributed by atoms with Gasteiger partial charge < -0.3 is 14.2 Å². The number of hydrogen-bond donors (Lipinski definition) is 1. The molecule has 0 radical (unpaired) electrons. The lowest BCUT2D eigenvalue weighted by Gasteiger charge is -2.21. The zero-order valence-corrected chi connectivity index (χ0v) is 16.7. The van der Waals surface area contributed by atoms with Gasteiger partial charge in [0.05, 0.1) is 12.3 Å². The molecule has 0 aliphatic carbocycles. The molecule has 3 nitrogen and oxygen atoms in total. The van der Waals surface area contributed by atoms with E-state index in [0.717, 1.165) is 32.8 Å². The molecule has 1 aromatic heterocycles. The summed E-state index contributed by atoms with van der Waals surface area (Å²) in [6, 6.07) is 21.9. The molecule has 3 aromatic rings. The molecular formula is C24H31N2O+. The van der Waals surface area contributed by atoms with Gasteiger partial charge in [-0.25, -0.2) is 0 Å². The van der Waals surface area contributed by atoms with E-state index in [0.29, 0.717) is 0 Å². The molecule has 0 amide bonds. The molecule has 3 heteroatoms. The van der Waals surface area contributed by atoms with Crippen LogP contribution in [0.2, 0.25) is 0 Å². The normalized spacial score (nSPS) is 12.3. The van der Waals surface area contributed by atoms with Crippen molar-refractivity contribution in [1.82, 2.24) is 4.57 Å². The van der Waals surface area contributed by atoms with Gasteiger partial charge in [-0.1, -0.05) is 54.1 Å². The number of rotatable bonds is 9. The molecule has 27 heavy (non-hydrogen) atoms. The Kier molecular flexibility index (Phi) is 6.86. The van der Waals surface area contributed by atoms with Crippen LogP contribution in [-0.4, -0.2) is 24.8 Å². The first-order valence-electron chi connectivity index (χ1n) is 9.72. The standard InChI is InChI=1S/C24H30N2O/c1-20-10-12-22(13-11-20)17-25(15-16-27-3)19-24-9-6-14-26(24)18-23-8-5-4-7-21(23)2/h4-14H,15-19H2,1-3H3/p+1. The Hall–Kier alpha value is -2.36. The third kappa shape index (κ3) is 5.56. The van der Waals surface area contributed by atoms with Crippen molar-refractivity contribution in [3.05, 3.63) is 94.8 Å². The average Bonchev–Trinajstić information content (AvgIpc) is 3.10. The molecule has 1 heterocycles. The van der Waals surface area contributed by atoms with Crippen molar-refractivity contribution < 1.29 is 9.64 Å². The maximum absolute atomic E-state index is 5.36. The van der Waals surface area contributed by atoms with E-state index in [1.807, 2.05) is 0 Å². The van der Waals surface area contributed by atoms with E-state index in [-0.39, 0.29) is 0 Å². The molecule has 0 spiro atoms. The van der Waals surface area contributed by atoms with Gasteiger partial charge in [0.1, 0.15) is 19.6 Å². The van der Waals surface area contributed by atoms with Crippen molar-refractivity contribution in [2.75, 3.05) is 20.3 Å². The zero-order valence-electron chi connectivity index (χ0n) is 16.7. The van der Waals surface area contributed by atoms with Crippen LogP contribution < -0.4 is 4.90 Å². The maximum atomic E-state index is 5.36. The molecule has 1 N–H and O–H groups in total. The van der Waals surface area contributed by atoms with E-state index < -0.39 is 0 Å². The first-order valence-corrected chi connectivity index (χ1v) is 9.72. The molecule has 0 bridgehead atoms. The highest BCUT2D eigenvalue weighted by Crippen LogP contribution is 2.11. The Morgan fingerprint density at radius 2 is 1.67 bits per heavy atom. The summed E-state index contributed by atoms with van der Waals surface area (Å²) in [5.41, 5.74) is 6.79. The van der Waals surface area contributed by atoms with Crippen molar-refractivity contribution in [1.29, 1.82) is 0 Å². The van der Waals surface area contributed by atoms with Crippen LogP contribution in [0.15, 0.2) is 66.9 Å². The number of aromatic nitrogens is 1. The summed E-state index contributed by atoms with van der Waals surface area (Å²) >= 11 is 0. The van der Waals surface area contributed by atoms with Gasteiger partial charge in [0.2, 0.25) is 0 Å². The highest BCUT2D eigenvalue weighted by Gasteiger charge is 2.14. The average molecular weight is 364 g/mol. The summed E-state index contributed by atoms with van der Waals surface area (Å²) in [4.78, 5) is 1.52. The van der Waals surface area contributed by atoms with E-state index in [2.05, 4.69) is 85.3 Å². The van der Waals surface area contributed by atoms with Gasteiger partial charge in [-0.15, -0.1) is 0 Å². The first kappa shape index (κ1) is 19.4. The fourth-order valence-corrected chi connectivity index (χ4v) is 3.47. The van der Waals surface area contributed by atoms with Gasteiger partial charge >= 0.3 is 0 Å². The number of benzene rings is 2. The Morgan fingerprint density at radius 1 is 0.889 bits per heavy atom. The smallest absolute Gasteiger partial charge is 0.118 e. The van der Waals surface area contributed by atoms with Crippen LogP contribution in [0.3, 0.4) is 0 Å². The summed E-state index contributed by atoms with van der Waals surface area (Å²) in [6.07, 6.45) is 2.20. The molecule has 0 saturated heterocycles. The quantitative estimate of drug-likeness (QED) is 0.617. The van der Waals surface area contributed by atoms with Gasteiger partial charge in [0.25, 0.3) is 0 Å². The number of hydrogen-bond acceptors (Lipinski definition) is 1. The lowest BCUT2D eigenvalue weighted by atomic mass is 10.1. The molecule has 1 unspecified atom stereocenters. The highest BCUT2D eigenvalue weighted by molar-refractivity contribution is 5.26. The molecule has 142 valence electrons. The minimum absolute atomic E-state index is 0.777. The SMILES string of the molecule is COCC[NH+](Cc1ccc(C)cc1)Cc1cccn1Cc1ccccc1C. The van der Waals surface area contributed by atoms with Gasteiger partial charge in [0, 0.05) is 25.4 Å². The van der Waals surface area contributed by atoms with Crippen LogP contribution in [0.25, 0.3) is 0 Å². The molecule has 3 rings (SSSR count). The Morgan fingerprint density at radius 3 is 2.41 bits per heavy atom. The number of nitrogens with one attached hydrogen (secondary N) is 1. The van der Waals surface area contributed by atoms with Crippen molar-refractivity contribution in [2.24, 2.45) is 0 Å². The predicted molar refractivity (Wildman–Crippen MR) is 111 cm³/mol. The highest BCUT2D eigenvalue weighted by atomic mass is 16.5. The minimum atomic E-state index is 0.777. The second-order valence-electron chi connectivity index (χ2n) is 7.39. The maximum Gasteiger partial charge on any atom is 0.118 e. The summed E-state index contributed by atoms with van der Waals surface area (Å²) in [5.74, 6) is 0. The van der Waals surface area contributed by atoms with Crippen LogP contribution in [-0.2, 0) is 24.4 Å². The predicted octanol–water partition coefficient (Wildman–Crippen LogP) is 3.38. The van der Waals surface area contributed by atoms with E-state index >= 15 is 0 Å². The number of methoxy groups -OCH3 is 1. The van der Waals surface area contributed by atoms with Crippen LogP contribution in [0.5, 0.6) is 0 Å². The monoisotopic (exact) mass is 363 g/mol. The second kappa shape index (κ2) is 9.54. The fraction of sp³-hybridized carbons (Fsp3) is 0.333. The Labute approximate surface area is 163 Å². The number of aryl methyl sites for hydroxylation is 2. The topological polar surface area (TPSA) is 18.6 Å². The molecule has 0 aliphatic heterocycles. The van der Waals surface area contributed by atoms with Crippen molar-refractivity contribution >= 4 is 0 Å². The third-order valence-corrected chi connectivity index (χ3v) is 5.19. The van der Waals surface area contributed by atoms with Gasteiger partial charge in [-0.2, -0.15) is 0 Å². The van der Waals surface area contributed by atoms with Crippen molar-refractivity contribution in [3.8, 4) is 0 Å². The summed E-state index contributed by atoms with van der Waals surface area (Å²) in [7, 11) is 1.78. The minimum Gasteiger partial charge on any atom is -0.379 e. The summed E-state index contributed by atoms with van der Waals surface area (Å²) < 4.78 is 7.74. The van der Waals surface area contributed by atoms with Gasteiger partial charge in [-0.3, -0.25) is 0 Å². The van der Waals surface area contributed by atoms with Gasteiger partial charge in [0.15, 0.2) is 0 Å². The van der Waals surface area contributed by atoms with Crippen LogP contribution in [0, 0.1) is 13.8 Å². The fourth-order valence-electron chi connectivity index (χ4n) is 3.47. The third-order valence-electron chi connectivity index (χ3n) is 5.19. The van der Waals surface area contributed by atoms with E-state index in [1.165, 1.54) is 32.8 Å². The summed E-state index contributed by atoms with van der Waals surface area (Å²) in [5, 5.41) is 0. The van der Waals surface area contributed by atoms with Crippen LogP contribution >= 0.6 is 0 Å². The van der Waals surface area contributed by atoms with E-state index in [1.54, 1.807) is 7.11 Å². The molecule has 0 fully saturated rings. The molecule has 0 saturated carbocycles. The number of nitrogens with zero attached hydrogens (tertiary/aromatic N) is 1. The summed E-state index contributed by atoms with van der Waals surface area (Å²) in [6.45, 7) is 9.04. The van der Waals surface area contributed by atoms with E-state index in [9.17, 15) is 0 Å². The van der Waals surface area contributed by atoms with E-state index in [4.69, 9.17) is 4.74 Å². The van der Waals surface area contributed by atoms with Crippen molar-refractivity contribution in [3.63, 3.8) is 0 Å². The first-order chi connectivity index (χ1) is 13.2. The number of quaternary nitrogens is 1. The lowest BCUT2D eigenvalue weighted by Crippen LogP contribution is -3.10. The Balaban J connectivity index is 1.73. The largest absolute Gasteiger partial charge is 0.379 e. The van der Waals surface area contributed by atoms with Crippen LogP contribution in [0.1, 0.15) is 27.9 Å².